The molecule has 0 saturated carbocycles. The lowest BCUT2D eigenvalue weighted by atomic mass is 9.94. The molecule has 0 bridgehead atoms. The van der Waals surface area contributed by atoms with E-state index in [9.17, 15) is 0 Å². The Morgan fingerprint density at radius 1 is 0.917 bits per heavy atom. The van der Waals surface area contributed by atoms with E-state index in [-0.39, 0.29) is 0 Å². The highest BCUT2D eigenvalue weighted by Crippen LogP contribution is 2.18. The topological polar surface area (TPSA) is 0 Å². The second kappa shape index (κ2) is 2.94. The van der Waals surface area contributed by atoms with Gasteiger partial charge in [-0.3, -0.25) is 0 Å². The molecule has 0 aliphatic heterocycles. The average Bonchev–Trinajstić information content (AvgIpc) is 2.05. The van der Waals surface area contributed by atoms with E-state index in [1.807, 2.05) is 24.3 Å². The maximum atomic E-state index is 5.65. The standard InChI is InChI=1S/C10H6BBr/c11-9-3-1-8-6-10(12)4-2-7(8)5-9/h1-6H. The van der Waals surface area contributed by atoms with Crippen LogP contribution in [0.3, 0.4) is 0 Å². The second-order valence-corrected chi connectivity index (χ2v) is 3.67. The van der Waals surface area contributed by atoms with Gasteiger partial charge in [-0.1, -0.05) is 45.7 Å². The van der Waals surface area contributed by atoms with E-state index in [1.54, 1.807) is 0 Å². The molecule has 0 saturated heterocycles. The Balaban J connectivity index is 2.79. The number of fused-ring (bicyclic) bond motifs is 1. The van der Waals surface area contributed by atoms with Crippen LogP contribution in [0.15, 0.2) is 40.9 Å². The van der Waals surface area contributed by atoms with Crippen molar-refractivity contribution in [2.75, 3.05) is 0 Å². The number of rotatable bonds is 0. The Morgan fingerprint density at radius 2 is 1.58 bits per heavy atom. The highest BCUT2D eigenvalue weighted by Gasteiger charge is 1.93. The molecule has 0 aromatic heterocycles. The van der Waals surface area contributed by atoms with Crippen LogP contribution in [0.5, 0.6) is 0 Å². The van der Waals surface area contributed by atoms with E-state index in [1.165, 1.54) is 10.8 Å². The van der Waals surface area contributed by atoms with Gasteiger partial charge in [-0.15, -0.1) is 0 Å². The maximum absolute atomic E-state index is 5.65. The quantitative estimate of drug-likeness (QED) is 0.594. The minimum atomic E-state index is 0.810. The van der Waals surface area contributed by atoms with Crippen molar-refractivity contribution in [1.29, 1.82) is 0 Å². The lowest BCUT2D eigenvalue weighted by molar-refractivity contribution is 1.72. The van der Waals surface area contributed by atoms with Crippen molar-refractivity contribution in [2.24, 2.45) is 0 Å². The fraction of sp³-hybridized carbons (Fsp3) is 0. The predicted molar refractivity (Wildman–Crippen MR) is 57.0 cm³/mol. The van der Waals surface area contributed by atoms with Crippen LogP contribution in [0, 0.1) is 0 Å². The molecule has 0 unspecified atom stereocenters. The summed E-state index contributed by atoms with van der Waals surface area (Å²) < 4.78 is 1.10. The number of benzene rings is 2. The summed E-state index contributed by atoms with van der Waals surface area (Å²) in [7, 11) is 5.65. The van der Waals surface area contributed by atoms with Crippen LogP contribution in [0.25, 0.3) is 10.8 Å². The highest BCUT2D eigenvalue weighted by molar-refractivity contribution is 9.10. The lowest BCUT2D eigenvalue weighted by Gasteiger charge is -1.99. The third-order valence-corrected chi connectivity index (χ3v) is 2.32. The molecule has 56 valence electrons. The van der Waals surface area contributed by atoms with Crippen molar-refractivity contribution in [3.05, 3.63) is 40.9 Å². The Morgan fingerprint density at radius 3 is 2.42 bits per heavy atom. The molecule has 2 aromatic rings. The molecule has 0 spiro atoms. The first-order valence-corrected chi connectivity index (χ1v) is 4.50. The lowest BCUT2D eigenvalue weighted by Crippen LogP contribution is -1.99. The third-order valence-electron chi connectivity index (χ3n) is 1.83. The molecule has 0 heterocycles. The van der Waals surface area contributed by atoms with Crippen molar-refractivity contribution in [2.45, 2.75) is 0 Å². The fourth-order valence-corrected chi connectivity index (χ4v) is 1.61. The third kappa shape index (κ3) is 1.39. The van der Waals surface area contributed by atoms with Gasteiger partial charge in [0.05, 0.1) is 0 Å². The van der Waals surface area contributed by atoms with Crippen molar-refractivity contribution in [3.63, 3.8) is 0 Å². The van der Waals surface area contributed by atoms with Crippen molar-refractivity contribution in [1.82, 2.24) is 0 Å². The van der Waals surface area contributed by atoms with Gasteiger partial charge < -0.3 is 0 Å². The summed E-state index contributed by atoms with van der Waals surface area (Å²) in [4.78, 5) is 0. The van der Waals surface area contributed by atoms with Gasteiger partial charge in [0.1, 0.15) is 7.85 Å². The van der Waals surface area contributed by atoms with E-state index < -0.39 is 0 Å². The SMILES string of the molecule is [B]c1ccc2cc(Br)ccc2c1. The van der Waals surface area contributed by atoms with Gasteiger partial charge in [0.25, 0.3) is 0 Å². The molecule has 2 rings (SSSR count). The zero-order valence-electron chi connectivity index (χ0n) is 6.42. The van der Waals surface area contributed by atoms with Gasteiger partial charge in [-0.05, 0) is 22.9 Å². The monoisotopic (exact) mass is 216 g/mol. The summed E-state index contributed by atoms with van der Waals surface area (Å²) in [6.45, 7) is 0. The fourth-order valence-electron chi connectivity index (χ4n) is 1.24. The Bertz CT molecular complexity index is 382. The summed E-state index contributed by atoms with van der Waals surface area (Å²) >= 11 is 3.42. The van der Waals surface area contributed by atoms with Crippen molar-refractivity contribution in [3.8, 4) is 0 Å². The molecule has 12 heavy (non-hydrogen) atoms. The van der Waals surface area contributed by atoms with Crippen LogP contribution in [0.4, 0.5) is 0 Å². The minimum absolute atomic E-state index is 0.810. The molecule has 0 N–H and O–H groups in total. The van der Waals surface area contributed by atoms with E-state index >= 15 is 0 Å². The maximum Gasteiger partial charge on any atom is 0.113 e. The van der Waals surface area contributed by atoms with Crippen LogP contribution in [0.2, 0.25) is 0 Å². The Labute approximate surface area is 81.1 Å². The average molecular weight is 217 g/mol. The molecule has 0 aliphatic rings. The molecule has 0 atom stereocenters. The largest absolute Gasteiger partial charge is 0.113 e. The summed E-state index contributed by atoms with van der Waals surface area (Å²) in [6, 6.07) is 12.1. The van der Waals surface area contributed by atoms with Crippen LogP contribution in [-0.2, 0) is 0 Å². The summed E-state index contributed by atoms with van der Waals surface area (Å²) in [5, 5.41) is 2.39. The van der Waals surface area contributed by atoms with E-state index in [0.29, 0.717) is 0 Å². The minimum Gasteiger partial charge on any atom is -0.0960 e. The zero-order chi connectivity index (χ0) is 8.55. The van der Waals surface area contributed by atoms with Gasteiger partial charge in [-0.25, -0.2) is 0 Å². The van der Waals surface area contributed by atoms with Gasteiger partial charge in [-0.2, -0.15) is 0 Å². The molecular formula is C10H6BBr. The normalized spacial score (nSPS) is 10.4. The van der Waals surface area contributed by atoms with E-state index in [0.717, 1.165) is 9.94 Å². The van der Waals surface area contributed by atoms with Gasteiger partial charge in [0.15, 0.2) is 0 Å². The molecule has 2 radical (unpaired) electrons. The second-order valence-electron chi connectivity index (χ2n) is 2.75. The first-order chi connectivity index (χ1) is 5.75. The van der Waals surface area contributed by atoms with Crippen molar-refractivity contribution < 1.29 is 0 Å². The highest BCUT2D eigenvalue weighted by atomic mass is 79.9. The number of hydrogen-bond acceptors (Lipinski definition) is 0. The van der Waals surface area contributed by atoms with Gasteiger partial charge in [0, 0.05) is 4.47 Å². The van der Waals surface area contributed by atoms with Crippen molar-refractivity contribution >= 4 is 40.0 Å². The Hall–Kier alpha value is -0.755. The predicted octanol–water partition coefficient (Wildman–Crippen LogP) is 2.40. The van der Waals surface area contributed by atoms with Crippen LogP contribution < -0.4 is 5.46 Å². The molecular weight excluding hydrogens is 211 g/mol. The summed E-state index contributed by atoms with van der Waals surface area (Å²) in [6.07, 6.45) is 0. The van der Waals surface area contributed by atoms with Gasteiger partial charge >= 0.3 is 0 Å². The van der Waals surface area contributed by atoms with E-state index in [4.69, 9.17) is 7.85 Å². The van der Waals surface area contributed by atoms with Gasteiger partial charge in [0.2, 0.25) is 0 Å². The summed E-state index contributed by atoms with van der Waals surface area (Å²) in [5.74, 6) is 0. The molecule has 0 nitrogen and oxygen atoms in total. The summed E-state index contributed by atoms with van der Waals surface area (Å²) in [5.41, 5.74) is 0.810. The molecule has 2 aromatic carbocycles. The molecule has 0 amide bonds. The van der Waals surface area contributed by atoms with Crippen LogP contribution in [0.1, 0.15) is 0 Å². The smallest absolute Gasteiger partial charge is 0.0960 e. The number of hydrogen-bond donors (Lipinski definition) is 0. The molecule has 0 fully saturated rings. The Kier molecular flexibility index (Phi) is 1.93. The molecule has 0 aliphatic carbocycles. The zero-order valence-corrected chi connectivity index (χ0v) is 8.01. The molecule has 2 heteroatoms. The van der Waals surface area contributed by atoms with Crippen LogP contribution in [-0.4, -0.2) is 7.85 Å². The van der Waals surface area contributed by atoms with Crippen LogP contribution >= 0.6 is 15.9 Å². The first kappa shape index (κ1) is 7.87. The van der Waals surface area contributed by atoms with E-state index in [2.05, 4.69) is 28.1 Å². The number of halogens is 1. The first-order valence-electron chi connectivity index (χ1n) is 3.70.